The van der Waals surface area contributed by atoms with Crippen LogP contribution in [0.3, 0.4) is 0 Å². The Hall–Kier alpha value is -3.54. The number of fused-ring (bicyclic) bond motifs is 1. The Labute approximate surface area is 175 Å². The van der Waals surface area contributed by atoms with Crippen molar-refractivity contribution < 1.29 is 4.74 Å². The van der Waals surface area contributed by atoms with Crippen LogP contribution in [0.15, 0.2) is 58.4 Å². The van der Waals surface area contributed by atoms with Crippen LogP contribution in [0.5, 0.6) is 5.75 Å². The van der Waals surface area contributed by atoms with E-state index in [2.05, 4.69) is 35.2 Å². The first kappa shape index (κ1) is 19.8. The van der Waals surface area contributed by atoms with Crippen LogP contribution in [0, 0.1) is 13.8 Å². The van der Waals surface area contributed by atoms with E-state index in [4.69, 9.17) is 9.73 Å². The van der Waals surface area contributed by atoms with Crippen molar-refractivity contribution in [3.63, 3.8) is 0 Å². The predicted octanol–water partition coefficient (Wildman–Crippen LogP) is 4.32. The molecule has 4 aromatic rings. The number of rotatable bonds is 6. The van der Waals surface area contributed by atoms with E-state index in [1.807, 2.05) is 44.3 Å². The molecule has 0 aliphatic carbocycles. The largest absolute Gasteiger partial charge is 0.497 e. The van der Waals surface area contributed by atoms with Gasteiger partial charge in [0.25, 0.3) is 5.56 Å². The molecule has 0 saturated heterocycles. The van der Waals surface area contributed by atoms with Crippen LogP contribution < -0.4 is 10.3 Å². The van der Waals surface area contributed by atoms with Crippen molar-refractivity contribution in [2.45, 2.75) is 27.2 Å². The number of aromatic nitrogens is 3. The van der Waals surface area contributed by atoms with E-state index in [-0.39, 0.29) is 5.56 Å². The van der Waals surface area contributed by atoms with Gasteiger partial charge in [0.05, 0.1) is 18.4 Å². The molecule has 6 nitrogen and oxygen atoms in total. The number of aromatic amines is 2. The van der Waals surface area contributed by atoms with Crippen LogP contribution >= 0.6 is 0 Å². The van der Waals surface area contributed by atoms with Gasteiger partial charge in [-0.1, -0.05) is 11.6 Å². The molecular weight excluding hydrogens is 376 g/mol. The SMILES string of the molecule is COc1ccc(-n2[nH]c(C)c(C(C)=NCCc3c[nH]c4ccc(C)cc34)c2=O)cc1. The molecule has 4 rings (SSSR count). The first-order valence-corrected chi connectivity index (χ1v) is 10.0. The first-order chi connectivity index (χ1) is 14.5. The van der Waals surface area contributed by atoms with Gasteiger partial charge >= 0.3 is 0 Å². The Morgan fingerprint density at radius 2 is 1.90 bits per heavy atom. The van der Waals surface area contributed by atoms with E-state index in [0.29, 0.717) is 12.1 Å². The minimum atomic E-state index is -0.0957. The highest BCUT2D eigenvalue weighted by molar-refractivity contribution is 5.99. The molecule has 0 aliphatic heterocycles. The average molecular weight is 402 g/mol. The molecule has 0 spiro atoms. The van der Waals surface area contributed by atoms with Gasteiger partial charge in [0.2, 0.25) is 0 Å². The summed E-state index contributed by atoms with van der Waals surface area (Å²) in [6, 6.07) is 13.8. The van der Waals surface area contributed by atoms with Crippen LogP contribution in [0.1, 0.15) is 29.3 Å². The monoisotopic (exact) mass is 402 g/mol. The fourth-order valence-corrected chi connectivity index (χ4v) is 3.81. The zero-order valence-electron chi connectivity index (χ0n) is 17.7. The summed E-state index contributed by atoms with van der Waals surface area (Å²) in [6.45, 7) is 6.52. The lowest BCUT2D eigenvalue weighted by Crippen LogP contribution is -2.19. The molecule has 30 heavy (non-hydrogen) atoms. The maximum absolute atomic E-state index is 13.0. The third-order valence-electron chi connectivity index (χ3n) is 5.42. The molecule has 0 unspecified atom stereocenters. The number of aryl methyl sites for hydroxylation is 2. The van der Waals surface area contributed by atoms with E-state index in [9.17, 15) is 4.79 Å². The van der Waals surface area contributed by atoms with Gasteiger partial charge in [-0.25, -0.2) is 4.68 Å². The molecule has 154 valence electrons. The number of hydrogen-bond acceptors (Lipinski definition) is 3. The standard InChI is InChI=1S/C24H26N4O2/c1-15-5-10-22-21(13-15)18(14-26-22)11-12-25-16(2)23-17(3)27-28(24(23)29)19-6-8-20(30-4)9-7-19/h5-10,13-14,26-27H,11-12H2,1-4H3. The van der Waals surface area contributed by atoms with Gasteiger partial charge in [-0.15, -0.1) is 0 Å². The minimum absolute atomic E-state index is 0.0957. The summed E-state index contributed by atoms with van der Waals surface area (Å²) in [6.07, 6.45) is 2.87. The van der Waals surface area contributed by atoms with Crippen LogP contribution in [-0.4, -0.2) is 34.1 Å². The van der Waals surface area contributed by atoms with E-state index in [1.165, 1.54) is 16.5 Å². The Balaban J connectivity index is 1.56. The number of nitrogens with zero attached hydrogens (tertiary/aromatic N) is 2. The third-order valence-corrected chi connectivity index (χ3v) is 5.42. The zero-order valence-corrected chi connectivity index (χ0v) is 17.7. The lowest BCUT2D eigenvalue weighted by atomic mass is 10.1. The van der Waals surface area contributed by atoms with Gasteiger partial charge in [-0.05, 0) is 69.2 Å². The highest BCUT2D eigenvalue weighted by atomic mass is 16.5. The molecule has 2 heterocycles. The van der Waals surface area contributed by atoms with E-state index in [1.54, 1.807) is 11.8 Å². The quantitative estimate of drug-likeness (QED) is 0.471. The van der Waals surface area contributed by atoms with Gasteiger partial charge in [-0.3, -0.25) is 14.9 Å². The van der Waals surface area contributed by atoms with Crippen LogP contribution in [0.25, 0.3) is 16.6 Å². The van der Waals surface area contributed by atoms with Gasteiger partial charge in [0, 0.05) is 35.1 Å². The van der Waals surface area contributed by atoms with Crippen LogP contribution in [-0.2, 0) is 6.42 Å². The topological polar surface area (TPSA) is 75.2 Å². The predicted molar refractivity (Wildman–Crippen MR) is 121 cm³/mol. The van der Waals surface area contributed by atoms with Crippen LogP contribution in [0.4, 0.5) is 0 Å². The molecule has 0 saturated carbocycles. The van der Waals surface area contributed by atoms with Gasteiger partial charge in [0.15, 0.2) is 0 Å². The smallest absolute Gasteiger partial charge is 0.280 e. The normalized spacial score (nSPS) is 11.9. The third kappa shape index (κ3) is 3.68. The van der Waals surface area contributed by atoms with Crippen molar-refractivity contribution in [2.24, 2.45) is 4.99 Å². The van der Waals surface area contributed by atoms with E-state index >= 15 is 0 Å². The summed E-state index contributed by atoms with van der Waals surface area (Å²) in [5, 5.41) is 4.40. The number of aliphatic imine (C=N–C) groups is 1. The molecule has 2 aromatic carbocycles. The fourth-order valence-electron chi connectivity index (χ4n) is 3.81. The lowest BCUT2D eigenvalue weighted by Gasteiger charge is -2.03. The Bertz CT molecular complexity index is 1270. The molecule has 6 heteroatoms. The number of benzene rings is 2. The minimum Gasteiger partial charge on any atom is -0.497 e. The first-order valence-electron chi connectivity index (χ1n) is 10.0. The maximum atomic E-state index is 13.0. The molecule has 0 aliphatic rings. The molecular formula is C24H26N4O2. The second-order valence-corrected chi connectivity index (χ2v) is 7.53. The number of methoxy groups -OCH3 is 1. The summed E-state index contributed by atoms with van der Waals surface area (Å²) < 4.78 is 6.74. The van der Waals surface area contributed by atoms with E-state index in [0.717, 1.165) is 34.8 Å². The Morgan fingerprint density at radius 1 is 1.13 bits per heavy atom. The molecule has 2 aromatic heterocycles. The Morgan fingerprint density at radius 3 is 2.63 bits per heavy atom. The molecule has 2 N–H and O–H groups in total. The molecule has 0 atom stereocenters. The molecule has 0 fully saturated rings. The van der Waals surface area contributed by atoms with Gasteiger partial charge < -0.3 is 9.72 Å². The maximum Gasteiger partial charge on any atom is 0.280 e. The van der Waals surface area contributed by atoms with E-state index < -0.39 is 0 Å². The average Bonchev–Trinajstić information content (AvgIpc) is 3.27. The van der Waals surface area contributed by atoms with Crippen molar-refractivity contribution in [3.05, 3.63) is 81.4 Å². The summed E-state index contributed by atoms with van der Waals surface area (Å²) in [4.78, 5) is 21.0. The second kappa shape index (κ2) is 8.06. The van der Waals surface area contributed by atoms with Crippen LogP contribution in [0.2, 0.25) is 0 Å². The number of H-pyrrole nitrogens is 2. The molecule has 0 amide bonds. The summed E-state index contributed by atoms with van der Waals surface area (Å²) >= 11 is 0. The van der Waals surface area contributed by atoms with Gasteiger partial charge in [0.1, 0.15) is 5.75 Å². The van der Waals surface area contributed by atoms with Crippen molar-refractivity contribution in [2.75, 3.05) is 13.7 Å². The highest BCUT2D eigenvalue weighted by Crippen LogP contribution is 2.20. The summed E-state index contributed by atoms with van der Waals surface area (Å²) in [7, 11) is 1.62. The molecule has 0 radical (unpaired) electrons. The molecule has 0 bridgehead atoms. The van der Waals surface area contributed by atoms with Crippen molar-refractivity contribution in [3.8, 4) is 11.4 Å². The van der Waals surface area contributed by atoms with Crippen molar-refractivity contribution in [1.82, 2.24) is 14.8 Å². The highest BCUT2D eigenvalue weighted by Gasteiger charge is 2.15. The second-order valence-electron chi connectivity index (χ2n) is 7.53. The number of hydrogen-bond donors (Lipinski definition) is 2. The number of ether oxygens (including phenoxy) is 1. The zero-order chi connectivity index (χ0) is 21.3. The van der Waals surface area contributed by atoms with Gasteiger partial charge in [-0.2, -0.15) is 0 Å². The Kier molecular flexibility index (Phi) is 5.31. The van der Waals surface area contributed by atoms with Crippen molar-refractivity contribution in [1.29, 1.82) is 0 Å². The lowest BCUT2D eigenvalue weighted by molar-refractivity contribution is 0.414. The van der Waals surface area contributed by atoms with Crippen molar-refractivity contribution >= 4 is 16.6 Å². The summed E-state index contributed by atoms with van der Waals surface area (Å²) in [5.74, 6) is 0.750. The summed E-state index contributed by atoms with van der Waals surface area (Å²) in [5.41, 5.74) is 6.47. The number of nitrogens with one attached hydrogen (secondary N) is 2. The fraction of sp³-hybridized carbons (Fsp3) is 0.250.